The minimum absolute atomic E-state index is 0.00587. The first-order valence-electron chi connectivity index (χ1n) is 6.62. The summed E-state index contributed by atoms with van der Waals surface area (Å²) in [5.74, 6) is -0.00587. The Morgan fingerprint density at radius 2 is 1.67 bits per heavy atom. The number of carbonyl (C=O) groups excluding carboxylic acids is 1. The number of nitrogens with one attached hydrogen (secondary N) is 1. The molecule has 0 aliphatic heterocycles. The number of hydrogen-bond donors (Lipinski definition) is 1. The van der Waals surface area contributed by atoms with Crippen molar-refractivity contribution in [2.45, 2.75) is 17.9 Å². The summed E-state index contributed by atoms with van der Waals surface area (Å²) in [5.41, 5.74) is 0.930. The van der Waals surface area contributed by atoms with Gasteiger partial charge in [0.25, 0.3) is 0 Å². The number of amides is 1. The minimum Gasteiger partial charge on any atom is -0.348 e. The quantitative estimate of drug-likeness (QED) is 0.838. The monoisotopic (exact) mass is 313 g/mol. The lowest BCUT2D eigenvalue weighted by molar-refractivity contribution is -0.127. The van der Waals surface area contributed by atoms with Crippen LogP contribution in [0.15, 0.2) is 29.2 Å². The Hall–Kier alpha value is -1.44. The Morgan fingerprint density at radius 1 is 1.14 bits per heavy atom. The first-order chi connectivity index (χ1) is 9.66. The summed E-state index contributed by atoms with van der Waals surface area (Å²) in [5, 5.41) is 3.11. The van der Waals surface area contributed by atoms with Crippen molar-refractivity contribution in [2.75, 3.05) is 34.7 Å². The second-order valence-corrected chi connectivity index (χ2v) is 7.40. The summed E-state index contributed by atoms with van der Waals surface area (Å²) in [7, 11) is 3.00. The van der Waals surface area contributed by atoms with Crippen LogP contribution in [0, 0.1) is 0 Å². The number of benzene rings is 1. The van der Waals surface area contributed by atoms with Crippen molar-refractivity contribution in [3.05, 3.63) is 29.8 Å². The van der Waals surface area contributed by atoms with Crippen LogP contribution < -0.4 is 5.32 Å². The molecular formula is C14H23N3O3S. The molecule has 0 radical (unpaired) electrons. The van der Waals surface area contributed by atoms with Crippen molar-refractivity contribution >= 4 is 15.9 Å². The third-order valence-electron chi connectivity index (χ3n) is 3.22. The van der Waals surface area contributed by atoms with E-state index in [1.807, 2.05) is 6.92 Å². The molecular weight excluding hydrogens is 290 g/mol. The number of sulfonamides is 1. The van der Waals surface area contributed by atoms with E-state index in [1.54, 1.807) is 38.4 Å². The average Bonchev–Trinajstić information content (AvgIpc) is 2.44. The van der Waals surface area contributed by atoms with E-state index in [4.69, 9.17) is 0 Å². The van der Waals surface area contributed by atoms with Crippen molar-refractivity contribution in [3.63, 3.8) is 0 Å². The van der Waals surface area contributed by atoms with Gasteiger partial charge in [0.05, 0.1) is 11.4 Å². The molecule has 1 atom stereocenters. The zero-order valence-electron chi connectivity index (χ0n) is 13.1. The standard InChI is InChI=1S/C14H23N3O3S/c1-11(15-10-14(18)16(2)3)12-6-8-13(9-7-12)21(19,20)17(4)5/h6-9,11,15H,10H2,1-5H3. The molecule has 0 aliphatic rings. The van der Waals surface area contributed by atoms with Gasteiger partial charge in [0.15, 0.2) is 0 Å². The molecule has 1 aromatic carbocycles. The fourth-order valence-electron chi connectivity index (χ4n) is 1.66. The molecule has 0 fully saturated rings. The lowest BCUT2D eigenvalue weighted by Gasteiger charge is -2.17. The molecule has 0 spiro atoms. The molecule has 7 heteroatoms. The molecule has 1 unspecified atom stereocenters. The van der Waals surface area contributed by atoms with E-state index in [0.717, 1.165) is 5.56 Å². The number of rotatable bonds is 6. The van der Waals surface area contributed by atoms with Crippen LogP contribution in [0.5, 0.6) is 0 Å². The molecule has 0 saturated carbocycles. The number of nitrogens with zero attached hydrogens (tertiary/aromatic N) is 2. The Morgan fingerprint density at radius 3 is 2.10 bits per heavy atom. The topological polar surface area (TPSA) is 69.7 Å². The number of carbonyl (C=O) groups is 1. The van der Waals surface area contributed by atoms with Gasteiger partial charge >= 0.3 is 0 Å². The molecule has 1 aromatic rings. The summed E-state index contributed by atoms with van der Waals surface area (Å²) >= 11 is 0. The molecule has 0 bridgehead atoms. The fourth-order valence-corrected chi connectivity index (χ4v) is 2.56. The van der Waals surface area contributed by atoms with Gasteiger partial charge in [-0.1, -0.05) is 12.1 Å². The first kappa shape index (κ1) is 17.6. The van der Waals surface area contributed by atoms with E-state index >= 15 is 0 Å². The highest BCUT2D eigenvalue weighted by atomic mass is 32.2. The van der Waals surface area contributed by atoms with Gasteiger partial charge < -0.3 is 10.2 Å². The molecule has 6 nitrogen and oxygen atoms in total. The summed E-state index contributed by atoms with van der Waals surface area (Å²) in [6, 6.07) is 6.64. The maximum Gasteiger partial charge on any atom is 0.242 e. The van der Waals surface area contributed by atoms with Crippen molar-refractivity contribution < 1.29 is 13.2 Å². The van der Waals surface area contributed by atoms with Gasteiger partial charge in [0, 0.05) is 34.2 Å². The summed E-state index contributed by atoms with van der Waals surface area (Å²) in [6.07, 6.45) is 0. The van der Waals surface area contributed by atoms with Gasteiger partial charge in [0.2, 0.25) is 15.9 Å². The van der Waals surface area contributed by atoms with Gasteiger partial charge in [-0.15, -0.1) is 0 Å². The fraction of sp³-hybridized carbons (Fsp3) is 0.500. The zero-order valence-corrected chi connectivity index (χ0v) is 13.9. The normalized spacial score (nSPS) is 13.2. The number of hydrogen-bond acceptors (Lipinski definition) is 4. The summed E-state index contributed by atoms with van der Waals surface area (Å²) in [6.45, 7) is 2.17. The maximum atomic E-state index is 12.0. The van der Waals surface area contributed by atoms with Crippen molar-refractivity contribution in [3.8, 4) is 0 Å². The van der Waals surface area contributed by atoms with E-state index in [1.165, 1.54) is 23.3 Å². The van der Waals surface area contributed by atoms with Gasteiger partial charge in [-0.05, 0) is 24.6 Å². The molecule has 1 rings (SSSR count). The van der Waals surface area contributed by atoms with E-state index in [-0.39, 0.29) is 23.4 Å². The largest absolute Gasteiger partial charge is 0.348 e. The molecule has 118 valence electrons. The maximum absolute atomic E-state index is 12.0. The second kappa shape index (κ2) is 7.02. The van der Waals surface area contributed by atoms with Crippen LogP contribution >= 0.6 is 0 Å². The highest BCUT2D eigenvalue weighted by Gasteiger charge is 2.17. The van der Waals surface area contributed by atoms with Crippen LogP contribution in [0.1, 0.15) is 18.5 Å². The SMILES string of the molecule is CC(NCC(=O)N(C)C)c1ccc(S(=O)(=O)N(C)C)cc1. The van der Waals surface area contributed by atoms with Crippen molar-refractivity contribution in [2.24, 2.45) is 0 Å². The Labute approximate surface area is 126 Å². The Balaban J connectivity index is 2.77. The molecule has 1 amide bonds. The minimum atomic E-state index is -3.40. The van der Waals surface area contributed by atoms with Crippen LogP contribution in [0.2, 0.25) is 0 Å². The summed E-state index contributed by atoms with van der Waals surface area (Å²) in [4.78, 5) is 13.3. The van der Waals surface area contributed by atoms with E-state index in [2.05, 4.69) is 5.32 Å². The van der Waals surface area contributed by atoms with Gasteiger partial charge in [-0.3, -0.25) is 4.79 Å². The predicted molar refractivity (Wildman–Crippen MR) is 82.4 cm³/mol. The Bertz CT molecular complexity index is 580. The van der Waals surface area contributed by atoms with Crippen LogP contribution in [0.4, 0.5) is 0 Å². The highest BCUT2D eigenvalue weighted by molar-refractivity contribution is 7.89. The lowest BCUT2D eigenvalue weighted by atomic mass is 10.1. The van der Waals surface area contributed by atoms with Crippen LogP contribution in [-0.4, -0.2) is 58.3 Å². The van der Waals surface area contributed by atoms with Crippen molar-refractivity contribution in [1.82, 2.24) is 14.5 Å². The van der Waals surface area contributed by atoms with Crippen molar-refractivity contribution in [1.29, 1.82) is 0 Å². The Kier molecular flexibility index (Phi) is 5.88. The predicted octanol–water partition coefficient (Wildman–Crippen LogP) is 0.676. The van der Waals surface area contributed by atoms with Gasteiger partial charge in [0.1, 0.15) is 0 Å². The molecule has 0 aliphatic carbocycles. The highest BCUT2D eigenvalue weighted by Crippen LogP contribution is 2.17. The smallest absolute Gasteiger partial charge is 0.242 e. The number of likely N-dealkylation sites (N-methyl/N-ethyl adjacent to an activating group) is 1. The van der Waals surface area contributed by atoms with Gasteiger partial charge in [-0.25, -0.2) is 12.7 Å². The molecule has 0 heterocycles. The third kappa shape index (κ3) is 4.52. The van der Waals surface area contributed by atoms with E-state index in [9.17, 15) is 13.2 Å². The van der Waals surface area contributed by atoms with E-state index < -0.39 is 10.0 Å². The van der Waals surface area contributed by atoms with Crippen LogP contribution in [0.25, 0.3) is 0 Å². The summed E-state index contributed by atoms with van der Waals surface area (Å²) < 4.78 is 25.1. The molecule has 1 N–H and O–H groups in total. The average molecular weight is 313 g/mol. The molecule has 21 heavy (non-hydrogen) atoms. The zero-order chi connectivity index (χ0) is 16.2. The molecule has 0 saturated heterocycles. The molecule has 0 aromatic heterocycles. The van der Waals surface area contributed by atoms with Gasteiger partial charge in [-0.2, -0.15) is 0 Å². The van der Waals surface area contributed by atoms with Crippen LogP contribution in [-0.2, 0) is 14.8 Å². The second-order valence-electron chi connectivity index (χ2n) is 5.25. The van der Waals surface area contributed by atoms with E-state index in [0.29, 0.717) is 0 Å². The third-order valence-corrected chi connectivity index (χ3v) is 5.05. The lowest BCUT2D eigenvalue weighted by Crippen LogP contribution is -2.34. The first-order valence-corrected chi connectivity index (χ1v) is 8.06. The van der Waals surface area contributed by atoms with Crippen LogP contribution in [0.3, 0.4) is 0 Å².